The van der Waals surface area contributed by atoms with Crippen LogP contribution in [0, 0.1) is 0 Å². The van der Waals surface area contributed by atoms with Crippen LogP contribution in [0.25, 0.3) is 22.5 Å². The van der Waals surface area contributed by atoms with Crippen LogP contribution in [-0.4, -0.2) is 16.1 Å². The van der Waals surface area contributed by atoms with E-state index in [1.807, 2.05) is 72.8 Å². The molecule has 138 valence electrons. The molecule has 0 aliphatic rings. The Kier molecular flexibility index (Phi) is 5.22. The van der Waals surface area contributed by atoms with Crippen LogP contribution in [0.1, 0.15) is 15.9 Å². The van der Waals surface area contributed by atoms with Crippen LogP contribution in [0.4, 0.5) is 0 Å². The Bertz CT molecular complexity index is 1090. The van der Waals surface area contributed by atoms with E-state index in [0.29, 0.717) is 17.1 Å². The number of aromatic amines is 1. The minimum atomic E-state index is -0.138. The summed E-state index contributed by atoms with van der Waals surface area (Å²) in [7, 11) is 0. The van der Waals surface area contributed by atoms with Crippen molar-refractivity contribution in [2.75, 3.05) is 0 Å². The quantitative estimate of drug-likeness (QED) is 0.486. The van der Waals surface area contributed by atoms with E-state index in [-0.39, 0.29) is 5.91 Å². The topological polar surface area (TPSA) is 57.8 Å². The SMILES string of the molecule is O=C(NCc1ccccc1Cl)c1ccc(-c2cc(-c3ccccc3)n[nH]2)cc1. The van der Waals surface area contributed by atoms with Crippen molar-refractivity contribution in [3.63, 3.8) is 0 Å². The predicted molar refractivity (Wildman–Crippen MR) is 112 cm³/mol. The number of hydrogen-bond acceptors (Lipinski definition) is 2. The van der Waals surface area contributed by atoms with Gasteiger partial charge in [0.2, 0.25) is 0 Å². The lowest BCUT2D eigenvalue weighted by atomic mass is 10.1. The van der Waals surface area contributed by atoms with Crippen LogP contribution in [0.5, 0.6) is 0 Å². The minimum absolute atomic E-state index is 0.138. The highest BCUT2D eigenvalue weighted by atomic mass is 35.5. The summed E-state index contributed by atoms with van der Waals surface area (Å²) in [5.41, 5.74) is 5.30. The Morgan fingerprint density at radius 1 is 0.893 bits per heavy atom. The second kappa shape index (κ2) is 8.11. The molecule has 0 atom stereocenters. The third-order valence-electron chi connectivity index (χ3n) is 4.50. The Morgan fingerprint density at radius 2 is 1.61 bits per heavy atom. The molecule has 28 heavy (non-hydrogen) atoms. The van der Waals surface area contributed by atoms with E-state index in [0.717, 1.165) is 28.1 Å². The van der Waals surface area contributed by atoms with Gasteiger partial charge in [0.1, 0.15) is 0 Å². The van der Waals surface area contributed by atoms with Gasteiger partial charge in [0.15, 0.2) is 0 Å². The molecule has 0 fully saturated rings. The van der Waals surface area contributed by atoms with Gasteiger partial charge in [0, 0.05) is 22.7 Å². The first-order valence-electron chi connectivity index (χ1n) is 8.93. The molecule has 5 heteroatoms. The van der Waals surface area contributed by atoms with E-state index in [1.54, 1.807) is 12.1 Å². The molecule has 0 radical (unpaired) electrons. The monoisotopic (exact) mass is 387 g/mol. The lowest BCUT2D eigenvalue weighted by Gasteiger charge is -2.07. The van der Waals surface area contributed by atoms with Gasteiger partial charge < -0.3 is 5.32 Å². The molecule has 3 aromatic carbocycles. The third-order valence-corrected chi connectivity index (χ3v) is 4.87. The van der Waals surface area contributed by atoms with Crippen molar-refractivity contribution in [1.29, 1.82) is 0 Å². The largest absolute Gasteiger partial charge is 0.348 e. The standard InChI is InChI=1S/C23H18ClN3O/c24-20-9-5-4-8-19(20)15-25-23(28)18-12-10-17(11-13-18)22-14-21(26-27-22)16-6-2-1-3-7-16/h1-14H,15H2,(H,25,28)(H,26,27). The first-order valence-corrected chi connectivity index (χ1v) is 9.31. The number of aromatic nitrogens is 2. The summed E-state index contributed by atoms with van der Waals surface area (Å²) in [5, 5.41) is 11.0. The first kappa shape index (κ1) is 18.0. The van der Waals surface area contributed by atoms with Gasteiger partial charge in [-0.3, -0.25) is 9.89 Å². The van der Waals surface area contributed by atoms with Crippen LogP contribution < -0.4 is 5.32 Å². The second-order valence-corrected chi connectivity index (χ2v) is 6.79. The number of amides is 1. The van der Waals surface area contributed by atoms with Crippen molar-refractivity contribution in [3.8, 4) is 22.5 Å². The molecule has 4 rings (SSSR count). The van der Waals surface area contributed by atoms with Gasteiger partial charge in [-0.05, 0) is 35.4 Å². The molecule has 0 unspecified atom stereocenters. The smallest absolute Gasteiger partial charge is 0.251 e. The maximum atomic E-state index is 12.4. The van der Waals surface area contributed by atoms with Gasteiger partial charge in [-0.2, -0.15) is 5.10 Å². The maximum absolute atomic E-state index is 12.4. The van der Waals surface area contributed by atoms with E-state index < -0.39 is 0 Å². The zero-order valence-electron chi connectivity index (χ0n) is 15.0. The molecular formula is C23H18ClN3O. The Labute approximate surface area is 168 Å². The van der Waals surface area contributed by atoms with Gasteiger partial charge >= 0.3 is 0 Å². The Morgan fingerprint density at radius 3 is 2.36 bits per heavy atom. The lowest BCUT2D eigenvalue weighted by molar-refractivity contribution is 0.0951. The van der Waals surface area contributed by atoms with E-state index in [1.165, 1.54) is 0 Å². The van der Waals surface area contributed by atoms with Crippen LogP contribution >= 0.6 is 11.6 Å². The first-order chi connectivity index (χ1) is 13.7. The fraction of sp³-hybridized carbons (Fsp3) is 0.0435. The summed E-state index contributed by atoms with van der Waals surface area (Å²) in [6.07, 6.45) is 0. The molecule has 1 heterocycles. The summed E-state index contributed by atoms with van der Waals surface area (Å²) in [4.78, 5) is 12.4. The zero-order chi connectivity index (χ0) is 19.3. The average Bonchev–Trinajstić information content (AvgIpc) is 3.24. The van der Waals surface area contributed by atoms with Crippen LogP contribution in [0.3, 0.4) is 0 Å². The normalized spacial score (nSPS) is 10.6. The van der Waals surface area contributed by atoms with Crippen LogP contribution in [0.15, 0.2) is 84.9 Å². The van der Waals surface area contributed by atoms with Crippen molar-refractivity contribution in [2.45, 2.75) is 6.54 Å². The van der Waals surface area contributed by atoms with E-state index >= 15 is 0 Å². The molecule has 4 aromatic rings. The molecule has 0 spiro atoms. The molecular weight excluding hydrogens is 370 g/mol. The highest BCUT2D eigenvalue weighted by Crippen LogP contribution is 2.24. The number of carbonyl (C=O) groups is 1. The number of benzene rings is 3. The van der Waals surface area contributed by atoms with E-state index in [9.17, 15) is 4.79 Å². The van der Waals surface area contributed by atoms with Crippen molar-refractivity contribution in [3.05, 3.63) is 101 Å². The Hall–Kier alpha value is -3.37. The Balaban J connectivity index is 1.44. The number of carbonyl (C=O) groups excluding carboxylic acids is 1. The summed E-state index contributed by atoms with van der Waals surface area (Å²) < 4.78 is 0. The molecule has 0 aliphatic carbocycles. The second-order valence-electron chi connectivity index (χ2n) is 6.38. The minimum Gasteiger partial charge on any atom is -0.348 e. The van der Waals surface area contributed by atoms with Gasteiger partial charge in [-0.1, -0.05) is 72.3 Å². The van der Waals surface area contributed by atoms with E-state index in [4.69, 9.17) is 11.6 Å². The molecule has 1 amide bonds. The van der Waals surface area contributed by atoms with Crippen molar-refractivity contribution < 1.29 is 4.79 Å². The van der Waals surface area contributed by atoms with Crippen LogP contribution in [0.2, 0.25) is 5.02 Å². The summed E-state index contributed by atoms with van der Waals surface area (Å²) in [6.45, 7) is 0.390. The highest BCUT2D eigenvalue weighted by molar-refractivity contribution is 6.31. The van der Waals surface area contributed by atoms with Crippen molar-refractivity contribution in [1.82, 2.24) is 15.5 Å². The third kappa shape index (κ3) is 3.97. The summed E-state index contributed by atoms with van der Waals surface area (Å²) >= 11 is 6.13. The zero-order valence-corrected chi connectivity index (χ0v) is 15.8. The van der Waals surface area contributed by atoms with Crippen molar-refractivity contribution >= 4 is 17.5 Å². The van der Waals surface area contributed by atoms with Gasteiger partial charge in [0.25, 0.3) is 5.91 Å². The summed E-state index contributed by atoms with van der Waals surface area (Å²) in [6, 6.07) is 26.9. The van der Waals surface area contributed by atoms with Crippen molar-refractivity contribution in [2.24, 2.45) is 0 Å². The average molecular weight is 388 g/mol. The fourth-order valence-corrected chi connectivity index (χ4v) is 3.15. The molecule has 1 aromatic heterocycles. The lowest BCUT2D eigenvalue weighted by Crippen LogP contribution is -2.22. The van der Waals surface area contributed by atoms with Crippen LogP contribution in [-0.2, 0) is 6.54 Å². The number of nitrogens with one attached hydrogen (secondary N) is 2. The number of rotatable bonds is 5. The highest BCUT2D eigenvalue weighted by Gasteiger charge is 2.09. The fourth-order valence-electron chi connectivity index (χ4n) is 2.95. The van der Waals surface area contributed by atoms with Gasteiger partial charge in [-0.15, -0.1) is 0 Å². The molecule has 2 N–H and O–H groups in total. The predicted octanol–water partition coefficient (Wildman–Crippen LogP) is 5.33. The van der Waals surface area contributed by atoms with Gasteiger partial charge in [-0.25, -0.2) is 0 Å². The molecule has 0 bridgehead atoms. The number of hydrogen-bond donors (Lipinski definition) is 2. The van der Waals surface area contributed by atoms with Gasteiger partial charge in [0.05, 0.1) is 11.4 Å². The molecule has 0 saturated carbocycles. The molecule has 4 nitrogen and oxygen atoms in total. The maximum Gasteiger partial charge on any atom is 0.251 e. The van der Waals surface area contributed by atoms with E-state index in [2.05, 4.69) is 15.5 Å². The molecule has 0 saturated heterocycles. The molecule has 0 aliphatic heterocycles. The number of H-pyrrole nitrogens is 1. The number of nitrogens with zero attached hydrogens (tertiary/aromatic N) is 1. The summed E-state index contributed by atoms with van der Waals surface area (Å²) in [5.74, 6) is -0.138. The number of halogens is 1.